The maximum Gasteiger partial charge on any atom is 0.278 e. The highest BCUT2D eigenvalue weighted by atomic mass is 35.5. The summed E-state index contributed by atoms with van der Waals surface area (Å²) in [6.07, 6.45) is 1.25. The molecule has 6 nitrogen and oxygen atoms in total. The number of aromatic nitrogens is 3. The molecule has 8 heteroatoms. The average Bonchev–Trinajstić information content (AvgIpc) is 2.89. The lowest BCUT2D eigenvalue weighted by Gasteiger charge is -2.08. The minimum absolute atomic E-state index is 0.162. The van der Waals surface area contributed by atoms with Crippen molar-refractivity contribution in [1.29, 1.82) is 0 Å². The first-order valence-corrected chi connectivity index (χ1v) is 7.12. The summed E-state index contributed by atoms with van der Waals surface area (Å²) < 4.78 is 3.97. The molecule has 106 valence electrons. The van der Waals surface area contributed by atoms with Crippen molar-refractivity contribution >= 4 is 45.8 Å². The van der Waals surface area contributed by atoms with E-state index < -0.39 is 0 Å². The molecule has 0 aliphatic rings. The van der Waals surface area contributed by atoms with Gasteiger partial charge in [-0.2, -0.15) is 4.37 Å². The first kappa shape index (κ1) is 13.7. The van der Waals surface area contributed by atoms with Gasteiger partial charge in [0.1, 0.15) is 10.4 Å². The Bertz CT molecular complexity index is 903. The molecule has 3 aromatic rings. The van der Waals surface area contributed by atoms with Crippen LogP contribution in [0.15, 0.2) is 29.3 Å². The highest BCUT2D eigenvalue weighted by Crippen LogP contribution is 2.25. The lowest BCUT2D eigenvalue weighted by atomic mass is 10.2. The average molecular weight is 321 g/mol. The van der Waals surface area contributed by atoms with E-state index in [9.17, 15) is 9.59 Å². The number of carbonyl (C=O) groups excluding carboxylic acids is 1. The molecule has 0 atom stereocenters. The fourth-order valence-corrected chi connectivity index (χ4v) is 2.75. The molecule has 0 bridgehead atoms. The lowest BCUT2D eigenvalue weighted by molar-refractivity contribution is 0.103. The van der Waals surface area contributed by atoms with Crippen LogP contribution in [-0.4, -0.2) is 20.2 Å². The van der Waals surface area contributed by atoms with Gasteiger partial charge in [0.05, 0.1) is 6.33 Å². The number of hydrogen-bond acceptors (Lipinski definition) is 5. The number of benzene rings is 1. The van der Waals surface area contributed by atoms with Gasteiger partial charge in [-0.1, -0.05) is 17.7 Å². The number of halogens is 1. The maximum atomic E-state index is 12.3. The molecule has 0 saturated carbocycles. The Kier molecular flexibility index (Phi) is 3.44. The molecule has 2 N–H and O–H groups in total. The number of hydrogen-bond donors (Lipinski definition) is 2. The van der Waals surface area contributed by atoms with Crippen molar-refractivity contribution in [2.75, 3.05) is 5.32 Å². The number of fused-ring (bicyclic) bond motifs is 1. The molecule has 1 aromatic carbocycles. The summed E-state index contributed by atoms with van der Waals surface area (Å²) in [7, 11) is 0. The molecule has 0 unspecified atom stereocenters. The van der Waals surface area contributed by atoms with Crippen LogP contribution in [0, 0.1) is 6.92 Å². The van der Waals surface area contributed by atoms with E-state index in [1.54, 1.807) is 18.2 Å². The zero-order valence-corrected chi connectivity index (χ0v) is 12.4. The van der Waals surface area contributed by atoms with E-state index in [2.05, 4.69) is 19.7 Å². The third-order valence-electron chi connectivity index (χ3n) is 2.99. The molecule has 0 aliphatic carbocycles. The largest absolute Gasteiger partial charge is 0.321 e. The summed E-state index contributed by atoms with van der Waals surface area (Å²) in [6.45, 7) is 1.81. The Morgan fingerprint density at radius 2 is 2.19 bits per heavy atom. The second-order valence-corrected chi connectivity index (χ2v) is 5.49. The Morgan fingerprint density at radius 1 is 1.38 bits per heavy atom. The standard InChI is InChI=1S/C13H9ClN4O2S/c1-6-7(14)3-2-4-8(6)17-13(20)11-9-10(18-21-11)12(19)16-5-15-9/h2-5H,1H3,(H,17,20)(H,15,16,19). The Morgan fingerprint density at radius 3 is 3.00 bits per heavy atom. The van der Waals surface area contributed by atoms with Crippen LogP contribution in [0.4, 0.5) is 5.69 Å². The number of nitrogens with zero attached hydrogens (tertiary/aromatic N) is 2. The van der Waals surface area contributed by atoms with Gasteiger partial charge in [-0.25, -0.2) is 4.98 Å². The van der Waals surface area contributed by atoms with Crippen molar-refractivity contribution < 1.29 is 4.79 Å². The molecular formula is C13H9ClN4O2S. The van der Waals surface area contributed by atoms with Gasteiger partial charge < -0.3 is 10.3 Å². The van der Waals surface area contributed by atoms with Crippen LogP contribution < -0.4 is 10.9 Å². The highest BCUT2D eigenvalue weighted by molar-refractivity contribution is 7.09. The summed E-state index contributed by atoms with van der Waals surface area (Å²) in [5.41, 5.74) is 1.47. The summed E-state index contributed by atoms with van der Waals surface area (Å²) in [4.78, 5) is 30.6. The van der Waals surface area contributed by atoms with Gasteiger partial charge in [-0.15, -0.1) is 0 Å². The summed E-state index contributed by atoms with van der Waals surface area (Å²) in [5.74, 6) is -0.369. The van der Waals surface area contributed by atoms with Gasteiger partial charge in [-0.3, -0.25) is 9.59 Å². The molecule has 3 rings (SSSR count). The first-order chi connectivity index (χ1) is 10.1. The number of anilines is 1. The molecule has 0 saturated heterocycles. The monoisotopic (exact) mass is 320 g/mol. The van der Waals surface area contributed by atoms with Gasteiger partial charge in [0.2, 0.25) is 0 Å². The molecule has 21 heavy (non-hydrogen) atoms. The van der Waals surface area contributed by atoms with Gasteiger partial charge in [-0.05, 0) is 36.2 Å². The molecule has 0 aliphatic heterocycles. The SMILES string of the molecule is Cc1c(Cl)cccc1NC(=O)c1snc2c(=O)[nH]cnc12. The number of aromatic amines is 1. The van der Waals surface area contributed by atoms with Crippen molar-refractivity contribution in [3.8, 4) is 0 Å². The molecule has 2 aromatic heterocycles. The minimum Gasteiger partial charge on any atom is -0.321 e. The van der Waals surface area contributed by atoms with Crippen LogP contribution in [0.3, 0.4) is 0 Å². The number of nitrogens with one attached hydrogen (secondary N) is 2. The second-order valence-electron chi connectivity index (χ2n) is 4.31. The normalized spacial score (nSPS) is 10.8. The number of carbonyl (C=O) groups is 1. The van der Waals surface area contributed by atoms with Crippen LogP contribution in [-0.2, 0) is 0 Å². The quantitative estimate of drug-likeness (QED) is 0.759. The van der Waals surface area contributed by atoms with E-state index >= 15 is 0 Å². The molecule has 2 heterocycles. The molecule has 0 spiro atoms. The highest BCUT2D eigenvalue weighted by Gasteiger charge is 2.18. The van der Waals surface area contributed by atoms with E-state index in [4.69, 9.17) is 11.6 Å². The van der Waals surface area contributed by atoms with Crippen molar-refractivity contribution in [2.45, 2.75) is 6.92 Å². The fraction of sp³-hybridized carbons (Fsp3) is 0.0769. The van der Waals surface area contributed by atoms with E-state index in [0.717, 1.165) is 17.1 Å². The second kappa shape index (κ2) is 5.27. The zero-order chi connectivity index (χ0) is 15.0. The third kappa shape index (κ3) is 2.41. The van der Waals surface area contributed by atoms with Gasteiger partial charge >= 0.3 is 0 Å². The van der Waals surface area contributed by atoms with Crippen LogP contribution in [0.5, 0.6) is 0 Å². The Balaban J connectivity index is 2.00. The van der Waals surface area contributed by atoms with Crippen LogP contribution in [0.1, 0.15) is 15.2 Å². The Labute approximate surface area is 128 Å². The summed E-state index contributed by atoms with van der Waals surface area (Å²) in [5, 5.41) is 3.33. The number of amides is 1. The minimum atomic E-state index is -0.369. The molecule has 0 fully saturated rings. The predicted molar refractivity (Wildman–Crippen MR) is 82.2 cm³/mol. The van der Waals surface area contributed by atoms with Crippen LogP contribution >= 0.6 is 23.1 Å². The number of H-pyrrole nitrogens is 1. The molecular weight excluding hydrogens is 312 g/mol. The summed E-state index contributed by atoms with van der Waals surface area (Å²) in [6, 6.07) is 5.25. The smallest absolute Gasteiger partial charge is 0.278 e. The zero-order valence-electron chi connectivity index (χ0n) is 10.8. The fourth-order valence-electron chi connectivity index (χ4n) is 1.85. The number of rotatable bonds is 2. The van der Waals surface area contributed by atoms with Gasteiger partial charge in [0, 0.05) is 10.7 Å². The van der Waals surface area contributed by atoms with Crippen molar-refractivity contribution in [3.05, 3.63) is 50.3 Å². The maximum absolute atomic E-state index is 12.3. The topological polar surface area (TPSA) is 87.7 Å². The van der Waals surface area contributed by atoms with E-state index in [1.807, 2.05) is 6.92 Å². The van der Waals surface area contributed by atoms with Crippen molar-refractivity contribution in [3.63, 3.8) is 0 Å². The lowest BCUT2D eigenvalue weighted by Crippen LogP contribution is -2.13. The molecule has 1 amide bonds. The van der Waals surface area contributed by atoms with E-state index in [0.29, 0.717) is 16.2 Å². The predicted octanol–water partition coefficient (Wildman–Crippen LogP) is 2.59. The van der Waals surface area contributed by atoms with E-state index in [1.165, 1.54) is 6.33 Å². The van der Waals surface area contributed by atoms with Crippen molar-refractivity contribution in [2.24, 2.45) is 0 Å². The van der Waals surface area contributed by atoms with Crippen LogP contribution in [0.2, 0.25) is 5.02 Å². The van der Waals surface area contributed by atoms with Crippen LogP contribution in [0.25, 0.3) is 11.0 Å². The van der Waals surface area contributed by atoms with Gasteiger partial charge in [0.15, 0.2) is 5.52 Å². The Hall–Kier alpha value is -2.25. The third-order valence-corrected chi connectivity index (χ3v) is 4.24. The molecule has 0 radical (unpaired) electrons. The van der Waals surface area contributed by atoms with E-state index in [-0.39, 0.29) is 21.9 Å². The first-order valence-electron chi connectivity index (χ1n) is 5.97. The van der Waals surface area contributed by atoms with Crippen molar-refractivity contribution in [1.82, 2.24) is 14.3 Å². The van der Waals surface area contributed by atoms with Gasteiger partial charge in [0.25, 0.3) is 11.5 Å². The summed E-state index contributed by atoms with van der Waals surface area (Å²) >= 11 is 6.96.